The Morgan fingerprint density at radius 3 is 2.31 bits per heavy atom. The summed E-state index contributed by atoms with van der Waals surface area (Å²) in [6, 6.07) is 0.789. The summed E-state index contributed by atoms with van der Waals surface area (Å²) >= 11 is 0. The quantitative estimate of drug-likeness (QED) is 0.698. The highest BCUT2D eigenvalue weighted by molar-refractivity contribution is 7.89. The highest BCUT2D eigenvalue weighted by Crippen LogP contribution is 2.25. The molecule has 13 heavy (non-hydrogen) atoms. The molecule has 1 aromatic rings. The number of benzene rings is 1. The zero-order valence-electron chi connectivity index (χ0n) is 6.16. The van der Waals surface area contributed by atoms with E-state index in [1.165, 1.54) is 0 Å². The third-order valence-electron chi connectivity index (χ3n) is 1.30. The van der Waals surface area contributed by atoms with Gasteiger partial charge in [0.1, 0.15) is 10.7 Å². The number of hydrogen-bond donors (Lipinski definition) is 2. The van der Waals surface area contributed by atoms with Crippen LogP contribution in [0.2, 0.25) is 0 Å². The Hall–Kier alpha value is -1.21. The van der Waals surface area contributed by atoms with Crippen molar-refractivity contribution in [3.8, 4) is 5.75 Å². The minimum absolute atomic E-state index is 0.351. The normalized spacial score (nSPS) is 11.6. The summed E-state index contributed by atoms with van der Waals surface area (Å²) in [6.07, 6.45) is 0. The van der Waals surface area contributed by atoms with Gasteiger partial charge in [0.15, 0.2) is 11.6 Å². The van der Waals surface area contributed by atoms with Crippen molar-refractivity contribution in [3.63, 3.8) is 0 Å². The van der Waals surface area contributed by atoms with E-state index in [4.69, 9.17) is 5.11 Å². The lowest BCUT2D eigenvalue weighted by atomic mass is 10.3. The Kier molecular flexibility index (Phi) is 2.22. The van der Waals surface area contributed by atoms with E-state index in [2.05, 4.69) is 5.14 Å². The fourth-order valence-electron chi connectivity index (χ4n) is 0.759. The molecule has 0 spiro atoms. The van der Waals surface area contributed by atoms with Crippen LogP contribution in [0.15, 0.2) is 17.0 Å². The van der Waals surface area contributed by atoms with E-state index in [9.17, 15) is 17.2 Å². The van der Waals surface area contributed by atoms with Crippen molar-refractivity contribution in [2.45, 2.75) is 4.90 Å². The number of rotatable bonds is 1. The standard InChI is InChI=1S/C6H5F2NO3S/c7-3-1-4(8)6(10)5(2-3)13(9,11)12/h1-2,10H,(H2,9,11,12). The van der Waals surface area contributed by atoms with E-state index >= 15 is 0 Å². The molecule has 0 unspecified atom stereocenters. The van der Waals surface area contributed by atoms with Crippen LogP contribution in [-0.4, -0.2) is 13.5 Å². The van der Waals surface area contributed by atoms with E-state index in [0.717, 1.165) is 0 Å². The monoisotopic (exact) mass is 209 g/mol. The maximum absolute atomic E-state index is 12.6. The Balaban J connectivity index is 3.56. The molecule has 0 saturated heterocycles. The Morgan fingerprint density at radius 1 is 1.31 bits per heavy atom. The van der Waals surface area contributed by atoms with Crippen LogP contribution in [0.4, 0.5) is 8.78 Å². The Morgan fingerprint density at radius 2 is 1.85 bits per heavy atom. The molecule has 0 aliphatic rings. The molecule has 1 aromatic carbocycles. The van der Waals surface area contributed by atoms with Crippen molar-refractivity contribution in [1.82, 2.24) is 0 Å². The lowest BCUT2D eigenvalue weighted by Gasteiger charge is -2.02. The second-order valence-electron chi connectivity index (χ2n) is 2.28. The molecule has 0 amide bonds. The van der Waals surface area contributed by atoms with Gasteiger partial charge in [-0.2, -0.15) is 0 Å². The van der Waals surface area contributed by atoms with Crippen LogP contribution in [0, 0.1) is 11.6 Å². The molecule has 0 saturated carbocycles. The van der Waals surface area contributed by atoms with Crippen LogP contribution in [0.25, 0.3) is 0 Å². The van der Waals surface area contributed by atoms with Gasteiger partial charge in [-0.25, -0.2) is 22.3 Å². The van der Waals surface area contributed by atoms with E-state index in [-0.39, 0.29) is 0 Å². The number of halogens is 2. The summed E-state index contributed by atoms with van der Waals surface area (Å²) in [4.78, 5) is -0.968. The first-order valence-electron chi connectivity index (χ1n) is 3.03. The Bertz CT molecular complexity index is 443. The van der Waals surface area contributed by atoms with Crippen molar-refractivity contribution < 1.29 is 22.3 Å². The fourth-order valence-corrected chi connectivity index (χ4v) is 1.40. The first kappa shape index (κ1) is 9.87. The van der Waals surface area contributed by atoms with Gasteiger partial charge in [-0.15, -0.1) is 0 Å². The fraction of sp³-hybridized carbons (Fsp3) is 0. The number of aromatic hydroxyl groups is 1. The zero-order valence-corrected chi connectivity index (χ0v) is 6.98. The molecule has 0 aliphatic carbocycles. The topological polar surface area (TPSA) is 80.4 Å². The van der Waals surface area contributed by atoms with Gasteiger partial charge in [0.2, 0.25) is 10.0 Å². The molecule has 1 rings (SSSR count). The van der Waals surface area contributed by atoms with Crippen LogP contribution in [0.5, 0.6) is 5.75 Å². The smallest absolute Gasteiger partial charge is 0.241 e. The van der Waals surface area contributed by atoms with E-state index in [0.29, 0.717) is 12.1 Å². The predicted octanol–water partition coefficient (Wildman–Crippen LogP) is 0.318. The van der Waals surface area contributed by atoms with Crippen LogP contribution in [0.3, 0.4) is 0 Å². The average molecular weight is 209 g/mol. The molecule has 7 heteroatoms. The van der Waals surface area contributed by atoms with Crippen molar-refractivity contribution in [3.05, 3.63) is 23.8 Å². The molecule has 3 N–H and O–H groups in total. The van der Waals surface area contributed by atoms with Crippen molar-refractivity contribution in [2.24, 2.45) is 5.14 Å². The van der Waals surface area contributed by atoms with E-state index in [1.807, 2.05) is 0 Å². The average Bonchev–Trinajstić information content (AvgIpc) is 1.94. The molecular weight excluding hydrogens is 204 g/mol. The van der Waals surface area contributed by atoms with Gasteiger partial charge in [-0.1, -0.05) is 0 Å². The second-order valence-corrected chi connectivity index (χ2v) is 3.81. The molecule has 0 radical (unpaired) electrons. The molecule has 72 valence electrons. The number of hydrogen-bond acceptors (Lipinski definition) is 3. The predicted molar refractivity (Wildman–Crippen MR) is 39.4 cm³/mol. The van der Waals surface area contributed by atoms with Gasteiger partial charge in [0.25, 0.3) is 0 Å². The van der Waals surface area contributed by atoms with Gasteiger partial charge < -0.3 is 5.11 Å². The largest absolute Gasteiger partial charge is 0.504 e. The lowest BCUT2D eigenvalue weighted by molar-refractivity contribution is 0.411. The maximum Gasteiger partial charge on any atom is 0.241 e. The SMILES string of the molecule is NS(=O)(=O)c1cc(F)cc(F)c1O. The molecule has 0 aliphatic heterocycles. The molecule has 0 fully saturated rings. The molecule has 0 atom stereocenters. The summed E-state index contributed by atoms with van der Waals surface area (Å²) in [7, 11) is -4.31. The van der Waals surface area contributed by atoms with Gasteiger partial charge in [-0.3, -0.25) is 0 Å². The van der Waals surface area contributed by atoms with Crippen LogP contribution < -0.4 is 5.14 Å². The van der Waals surface area contributed by atoms with E-state index in [1.54, 1.807) is 0 Å². The lowest BCUT2D eigenvalue weighted by Crippen LogP contribution is -2.13. The summed E-state index contributed by atoms with van der Waals surface area (Å²) in [6.45, 7) is 0. The molecule has 0 aromatic heterocycles. The highest BCUT2D eigenvalue weighted by Gasteiger charge is 2.18. The molecule has 0 bridgehead atoms. The summed E-state index contributed by atoms with van der Waals surface area (Å²) < 4.78 is 46.3. The summed E-state index contributed by atoms with van der Waals surface area (Å²) in [5.41, 5.74) is 0. The number of primary sulfonamides is 1. The van der Waals surface area contributed by atoms with E-state index < -0.39 is 32.3 Å². The number of phenolic OH excluding ortho intramolecular Hbond substituents is 1. The van der Waals surface area contributed by atoms with Gasteiger partial charge >= 0.3 is 0 Å². The minimum Gasteiger partial charge on any atom is -0.504 e. The molecule has 0 heterocycles. The highest BCUT2D eigenvalue weighted by atomic mass is 32.2. The van der Waals surface area contributed by atoms with Crippen molar-refractivity contribution in [2.75, 3.05) is 0 Å². The zero-order chi connectivity index (χ0) is 10.2. The number of phenols is 1. The minimum atomic E-state index is -4.31. The van der Waals surface area contributed by atoms with Crippen molar-refractivity contribution >= 4 is 10.0 Å². The summed E-state index contributed by atoms with van der Waals surface area (Å²) in [5.74, 6) is -3.67. The molecular formula is C6H5F2NO3S. The van der Waals surface area contributed by atoms with Gasteiger partial charge in [0.05, 0.1) is 0 Å². The third-order valence-corrected chi connectivity index (χ3v) is 2.22. The van der Waals surface area contributed by atoms with Crippen LogP contribution >= 0.6 is 0 Å². The number of sulfonamides is 1. The third kappa shape index (κ3) is 1.93. The molecule has 4 nitrogen and oxygen atoms in total. The van der Waals surface area contributed by atoms with Gasteiger partial charge in [0, 0.05) is 6.07 Å². The van der Waals surface area contributed by atoms with Crippen molar-refractivity contribution in [1.29, 1.82) is 0 Å². The Labute approximate surface area is 72.7 Å². The van der Waals surface area contributed by atoms with Gasteiger partial charge in [-0.05, 0) is 6.07 Å². The van der Waals surface area contributed by atoms with Crippen LogP contribution in [-0.2, 0) is 10.0 Å². The first-order valence-corrected chi connectivity index (χ1v) is 4.58. The summed E-state index contributed by atoms with van der Waals surface area (Å²) in [5, 5.41) is 13.4. The number of nitrogens with two attached hydrogens (primary N) is 1. The maximum atomic E-state index is 12.6. The first-order chi connectivity index (χ1) is 5.82. The van der Waals surface area contributed by atoms with Crippen LogP contribution in [0.1, 0.15) is 0 Å². The second kappa shape index (κ2) is 2.93.